The van der Waals surface area contributed by atoms with Crippen molar-refractivity contribution in [3.8, 4) is 0 Å². The van der Waals surface area contributed by atoms with Crippen LogP contribution in [-0.2, 0) is 16.6 Å². The van der Waals surface area contributed by atoms with Crippen LogP contribution in [0.4, 0.5) is 0 Å². The minimum absolute atomic E-state index is 0.370. The zero-order chi connectivity index (χ0) is 15.0. The summed E-state index contributed by atoms with van der Waals surface area (Å²) in [6.45, 7) is 5.99. The molecule has 20 heavy (non-hydrogen) atoms. The lowest BCUT2D eigenvalue weighted by Crippen LogP contribution is -2.32. The van der Waals surface area contributed by atoms with E-state index in [1.807, 2.05) is 7.05 Å². The zero-order valence-electron chi connectivity index (χ0n) is 12.8. The molecule has 0 aliphatic carbocycles. The molecule has 0 aromatic carbocycles. The molecule has 0 saturated heterocycles. The van der Waals surface area contributed by atoms with Crippen LogP contribution in [0.1, 0.15) is 45.2 Å². The Morgan fingerprint density at radius 2 is 1.80 bits per heavy atom. The fourth-order valence-electron chi connectivity index (χ4n) is 2.03. The number of hydrogen-bond acceptors (Lipinski definition) is 3. The predicted octanol–water partition coefficient (Wildman–Crippen LogP) is 2.33. The van der Waals surface area contributed by atoms with Crippen molar-refractivity contribution in [1.82, 2.24) is 14.6 Å². The number of H-pyrrole nitrogens is 1. The molecule has 0 aliphatic heterocycles. The van der Waals surface area contributed by atoms with E-state index in [0.29, 0.717) is 24.5 Å². The van der Waals surface area contributed by atoms with Gasteiger partial charge in [0.1, 0.15) is 0 Å². The maximum atomic E-state index is 12.6. The van der Waals surface area contributed by atoms with E-state index in [4.69, 9.17) is 0 Å². The van der Waals surface area contributed by atoms with Gasteiger partial charge in [0.2, 0.25) is 10.0 Å². The van der Waals surface area contributed by atoms with Crippen LogP contribution >= 0.6 is 0 Å². The third-order valence-corrected chi connectivity index (χ3v) is 5.12. The number of nitrogens with zero attached hydrogens (tertiary/aromatic N) is 1. The summed E-state index contributed by atoms with van der Waals surface area (Å²) in [6, 6.07) is 1.72. The van der Waals surface area contributed by atoms with Crippen molar-refractivity contribution < 1.29 is 8.42 Å². The van der Waals surface area contributed by atoms with Crippen LogP contribution in [0.15, 0.2) is 17.2 Å². The Hall–Kier alpha value is -0.850. The number of unbranched alkanes of at least 4 members (excludes halogenated alkanes) is 2. The molecule has 0 bridgehead atoms. The first-order chi connectivity index (χ1) is 9.56. The second-order valence-electron chi connectivity index (χ2n) is 5.00. The van der Waals surface area contributed by atoms with E-state index in [1.165, 1.54) is 0 Å². The zero-order valence-corrected chi connectivity index (χ0v) is 13.6. The maximum Gasteiger partial charge on any atom is 0.244 e. The fraction of sp³-hybridized carbons (Fsp3) is 0.714. The summed E-state index contributed by atoms with van der Waals surface area (Å²) in [5, 5.41) is 3.01. The van der Waals surface area contributed by atoms with E-state index in [9.17, 15) is 8.42 Å². The lowest BCUT2D eigenvalue weighted by Gasteiger charge is -2.21. The van der Waals surface area contributed by atoms with E-state index in [0.717, 1.165) is 31.4 Å². The molecule has 0 unspecified atom stereocenters. The highest BCUT2D eigenvalue weighted by Crippen LogP contribution is 2.18. The van der Waals surface area contributed by atoms with Crippen LogP contribution in [0.25, 0.3) is 0 Å². The lowest BCUT2D eigenvalue weighted by molar-refractivity contribution is 0.395. The van der Waals surface area contributed by atoms with E-state index < -0.39 is 10.0 Å². The molecule has 116 valence electrons. The quantitative estimate of drug-likeness (QED) is 0.697. The Morgan fingerprint density at radius 3 is 2.30 bits per heavy atom. The molecule has 1 heterocycles. The molecule has 6 heteroatoms. The maximum absolute atomic E-state index is 12.6. The molecule has 1 rings (SSSR count). The normalized spacial score (nSPS) is 12.2. The van der Waals surface area contributed by atoms with Crippen molar-refractivity contribution in [2.75, 3.05) is 20.1 Å². The van der Waals surface area contributed by atoms with Crippen LogP contribution < -0.4 is 5.32 Å². The fourth-order valence-corrected chi connectivity index (χ4v) is 3.57. The van der Waals surface area contributed by atoms with E-state index in [1.54, 1.807) is 16.6 Å². The summed E-state index contributed by atoms with van der Waals surface area (Å²) in [4.78, 5) is 3.38. The Labute approximate surface area is 122 Å². The van der Waals surface area contributed by atoms with E-state index >= 15 is 0 Å². The molecule has 2 N–H and O–H groups in total. The number of nitrogens with one attached hydrogen (secondary N) is 2. The van der Waals surface area contributed by atoms with Gasteiger partial charge in [-0.15, -0.1) is 0 Å². The SMILES string of the molecule is CCCCN(CCCC)S(=O)(=O)c1c[nH]c(CNC)c1. The first-order valence-corrected chi connectivity index (χ1v) is 8.82. The van der Waals surface area contributed by atoms with Gasteiger partial charge in [-0.1, -0.05) is 26.7 Å². The Morgan fingerprint density at radius 1 is 1.20 bits per heavy atom. The average molecular weight is 301 g/mol. The third kappa shape index (κ3) is 4.61. The summed E-state index contributed by atoms with van der Waals surface area (Å²) in [7, 11) is -1.53. The van der Waals surface area contributed by atoms with Crippen molar-refractivity contribution in [3.05, 3.63) is 18.0 Å². The average Bonchev–Trinajstić information content (AvgIpc) is 2.88. The Kier molecular flexibility index (Phi) is 7.26. The Balaban J connectivity index is 2.88. The monoisotopic (exact) mass is 301 g/mol. The number of sulfonamides is 1. The highest BCUT2D eigenvalue weighted by Gasteiger charge is 2.24. The van der Waals surface area contributed by atoms with Gasteiger partial charge in [-0.3, -0.25) is 0 Å². The van der Waals surface area contributed by atoms with Gasteiger partial charge >= 0.3 is 0 Å². The lowest BCUT2D eigenvalue weighted by atomic mass is 10.3. The highest BCUT2D eigenvalue weighted by atomic mass is 32.2. The molecule has 0 aliphatic rings. The van der Waals surface area contributed by atoms with Gasteiger partial charge in [0, 0.05) is 31.5 Å². The first kappa shape index (κ1) is 17.2. The molecule has 0 fully saturated rings. The predicted molar refractivity (Wildman–Crippen MR) is 82.1 cm³/mol. The molecule has 0 spiro atoms. The van der Waals surface area contributed by atoms with Crippen molar-refractivity contribution in [2.24, 2.45) is 0 Å². The third-order valence-electron chi connectivity index (χ3n) is 3.24. The molecule has 0 radical (unpaired) electrons. The van der Waals surface area contributed by atoms with Gasteiger partial charge in [0.25, 0.3) is 0 Å². The van der Waals surface area contributed by atoms with Crippen LogP contribution in [0.5, 0.6) is 0 Å². The minimum Gasteiger partial charge on any atom is -0.363 e. The van der Waals surface area contributed by atoms with Crippen LogP contribution in [-0.4, -0.2) is 37.8 Å². The smallest absolute Gasteiger partial charge is 0.244 e. The van der Waals surface area contributed by atoms with Crippen LogP contribution in [0.2, 0.25) is 0 Å². The van der Waals surface area contributed by atoms with Gasteiger partial charge in [-0.2, -0.15) is 4.31 Å². The summed E-state index contributed by atoms with van der Waals surface area (Å²) >= 11 is 0. The molecule has 0 amide bonds. The van der Waals surface area contributed by atoms with Gasteiger partial charge in [0.15, 0.2) is 0 Å². The second-order valence-corrected chi connectivity index (χ2v) is 6.94. The van der Waals surface area contributed by atoms with Crippen LogP contribution in [0, 0.1) is 0 Å². The summed E-state index contributed by atoms with van der Waals surface area (Å²) in [5.74, 6) is 0. The molecule has 1 aromatic rings. The molecule has 5 nitrogen and oxygen atoms in total. The number of aromatic amines is 1. The van der Waals surface area contributed by atoms with E-state index in [2.05, 4.69) is 24.1 Å². The molecular weight excluding hydrogens is 274 g/mol. The van der Waals surface area contributed by atoms with Crippen molar-refractivity contribution >= 4 is 10.0 Å². The van der Waals surface area contributed by atoms with Crippen molar-refractivity contribution in [2.45, 2.75) is 51.0 Å². The summed E-state index contributed by atoms with van der Waals surface area (Å²) < 4.78 is 26.9. The standard InChI is InChI=1S/C14H27N3O2S/c1-4-6-8-17(9-7-5-2)20(18,19)14-10-13(11-15-3)16-12-14/h10,12,15-16H,4-9,11H2,1-3H3. The molecular formula is C14H27N3O2S. The van der Waals surface area contributed by atoms with Crippen molar-refractivity contribution in [1.29, 1.82) is 0 Å². The number of aromatic nitrogens is 1. The van der Waals surface area contributed by atoms with Crippen molar-refractivity contribution in [3.63, 3.8) is 0 Å². The largest absolute Gasteiger partial charge is 0.363 e. The minimum atomic E-state index is -3.37. The molecule has 1 aromatic heterocycles. The van der Waals surface area contributed by atoms with Gasteiger partial charge in [0.05, 0.1) is 4.90 Å². The summed E-state index contributed by atoms with van der Waals surface area (Å²) in [6.07, 6.45) is 5.38. The topological polar surface area (TPSA) is 65.2 Å². The van der Waals surface area contributed by atoms with Gasteiger partial charge in [-0.25, -0.2) is 8.42 Å². The van der Waals surface area contributed by atoms with Crippen LogP contribution in [0.3, 0.4) is 0 Å². The number of hydrogen-bond donors (Lipinski definition) is 2. The van der Waals surface area contributed by atoms with Gasteiger partial charge in [-0.05, 0) is 26.0 Å². The number of rotatable bonds is 10. The van der Waals surface area contributed by atoms with E-state index in [-0.39, 0.29) is 0 Å². The molecule has 0 saturated carbocycles. The summed E-state index contributed by atoms with van der Waals surface area (Å²) in [5.41, 5.74) is 0.886. The first-order valence-electron chi connectivity index (χ1n) is 7.38. The Bertz CT molecular complexity index is 474. The molecule has 0 atom stereocenters. The van der Waals surface area contributed by atoms with Gasteiger partial charge < -0.3 is 10.3 Å². The second kappa shape index (κ2) is 8.44. The highest BCUT2D eigenvalue weighted by molar-refractivity contribution is 7.89.